The average molecular weight is 273 g/mol. The lowest BCUT2D eigenvalue weighted by Gasteiger charge is -2.25. The molecular formula is C13H18ClFN2O. The van der Waals surface area contributed by atoms with E-state index < -0.39 is 11.9 Å². The molecule has 0 heterocycles. The summed E-state index contributed by atoms with van der Waals surface area (Å²) in [5, 5.41) is 2.75. The van der Waals surface area contributed by atoms with Crippen LogP contribution in [0.3, 0.4) is 0 Å². The van der Waals surface area contributed by atoms with E-state index in [1.54, 1.807) is 6.07 Å². The van der Waals surface area contributed by atoms with Crippen molar-refractivity contribution in [2.45, 2.75) is 33.4 Å². The van der Waals surface area contributed by atoms with Gasteiger partial charge in [0.15, 0.2) is 0 Å². The molecule has 0 saturated heterocycles. The number of benzene rings is 1. The van der Waals surface area contributed by atoms with Gasteiger partial charge in [-0.2, -0.15) is 0 Å². The molecule has 0 aromatic heterocycles. The first kappa shape index (κ1) is 14.9. The number of halogens is 2. The molecule has 0 bridgehead atoms. The van der Waals surface area contributed by atoms with Gasteiger partial charge in [0, 0.05) is 6.54 Å². The number of hydrogen-bond acceptors (Lipinski definition) is 2. The Morgan fingerprint density at radius 1 is 1.50 bits per heavy atom. The van der Waals surface area contributed by atoms with Gasteiger partial charge in [-0.15, -0.1) is 0 Å². The second-order valence-electron chi connectivity index (χ2n) is 5.31. The molecule has 0 unspecified atom stereocenters. The molecule has 1 rings (SSSR count). The van der Waals surface area contributed by atoms with Gasteiger partial charge in [0.1, 0.15) is 5.82 Å². The Balaban J connectivity index is 2.60. The van der Waals surface area contributed by atoms with E-state index in [-0.39, 0.29) is 22.9 Å². The molecule has 1 atom stereocenters. The van der Waals surface area contributed by atoms with E-state index in [0.717, 1.165) is 5.56 Å². The SMILES string of the molecule is CC(C)(C)[C@H](N)C(=O)NCc1ccc(F)c(Cl)c1. The zero-order chi connectivity index (χ0) is 13.9. The van der Waals surface area contributed by atoms with Crippen molar-refractivity contribution in [1.29, 1.82) is 0 Å². The van der Waals surface area contributed by atoms with Gasteiger partial charge in [0.05, 0.1) is 11.1 Å². The Bertz CT molecular complexity index is 443. The van der Waals surface area contributed by atoms with Crippen LogP contribution >= 0.6 is 11.6 Å². The van der Waals surface area contributed by atoms with Gasteiger partial charge in [0.2, 0.25) is 5.91 Å². The van der Waals surface area contributed by atoms with E-state index in [9.17, 15) is 9.18 Å². The lowest BCUT2D eigenvalue weighted by atomic mass is 9.87. The van der Waals surface area contributed by atoms with Gasteiger partial charge in [0.25, 0.3) is 0 Å². The zero-order valence-corrected chi connectivity index (χ0v) is 11.5. The monoisotopic (exact) mass is 272 g/mol. The highest BCUT2D eigenvalue weighted by Crippen LogP contribution is 2.18. The van der Waals surface area contributed by atoms with Crippen LogP contribution in [-0.4, -0.2) is 11.9 Å². The fourth-order valence-electron chi connectivity index (χ4n) is 1.34. The number of nitrogens with two attached hydrogens (primary N) is 1. The minimum absolute atomic E-state index is 0.0434. The molecule has 1 aromatic rings. The molecule has 1 aromatic carbocycles. The molecule has 0 radical (unpaired) electrons. The van der Waals surface area contributed by atoms with Crippen molar-refractivity contribution in [2.75, 3.05) is 0 Å². The van der Waals surface area contributed by atoms with Crippen LogP contribution < -0.4 is 11.1 Å². The summed E-state index contributed by atoms with van der Waals surface area (Å²) in [5.41, 5.74) is 6.25. The fourth-order valence-corrected chi connectivity index (χ4v) is 1.55. The van der Waals surface area contributed by atoms with Gasteiger partial charge in [-0.05, 0) is 23.1 Å². The summed E-state index contributed by atoms with van der Waals surface area (Å²) in [4.78, 5) is 11.8. The molecule has 1 amide bonds. The largest absolute Gasteiger partial charge is 0.351 e. The predicted molar refractivity (Wildman–Crippen MR) is 70.7 cm³/mol. The predicted octanol–water partition coefficient (Wildman–Crippen LogP) is 2.47. The third kappa shape index (κ3) is 3.96. The van der Waals surface area contributed by atoms with E-state index in [0.29, 0.717) is 0 Å². The van der Waals surface area contributed by atoms with Gasteiger partial charge in [-0.25, -0.2) is 4.39 Å². The van der Waals surface area contributed by atoms with E-state index >= 15 is 0 Å². The molecule has 3 nitrogen and oxygen atoms in total. The highest BCUT2D eigenvalue weighted by atomic mass is 35.5. The van der Waals surface area contributed by atoms with Crippen molar-refractivity contribution in [3.05, 3.63) is 34.6 Å². The molecule has 0 aliphatic heterocycles. The van der Waals surface area contributed by atoms with Crippen molar-refractivity contribution in [3.8, 4) is 0 Å². The van der Waals surface area contributed by atoms with Crippen LogP contribution in [-0.2, 0) is 11.3 Å². The van der Waals surface area contributed by atoms with Crippen LogP contribution in [0, 0.1) is 11.2 Å². The first-order valence-corrected chi connectivity index (χ1v) is 6.07. The first-order valence-electron chi connectivity index (χ1n) is 5.69. The third-order valence-electron chi connectivity index (χ3n) is 2.67. The van der Waals surface area contributed by atoms with Gasteiger partial charge < -0.3 is 11.1 Å². The van der Waals surface area contributed by atoms with Crippen molar-refractivity contribution in [1.82, 2.24) is 5.32 Å². The molecule has 3 N–H and O–H groups in total. The number of carbonyl (C=O) groups is 1. The van der Waals surface area contributed by atoms with Crippen molar-refractivity contribution < 1.29 is 9.18 Å². The van der Waals surface area contributed by atoms with Crippen LogP contribution in [0.2, 0.25) is 5.02 Å². The Labute approximate surface area is 112 Å². The Morgan fingerprint density at radius 3 is 2.61 bits per heavy atom. The standard InChI is InChI=1S/C13H18ClFN2O/c1-13(2,3)11(16)12(18)17-7-8-4-5-10(15)9(14)6-8/h4-6,11H,7,16H2,1-3H3,(H,17,18)/t11-/m1/s1. The lowest BCUT2D eigenvalue weighted by molar-refractivity contribution is -0.124. The van der Waals surface area contributed by atoms with E-state index in [1.165, 1.54) is 12.1 Å². The van der Waals surface area contributed by atoms with E-state index in [1.807, 2.05) is 20.8 Å². The Kier molecular flexibility index (Phi) is 4.71. The normalized spacial score (nSPS) is 13.2. The molecule has 100 valence electrons. The quantitative estimate of drug-likeness (QED) is 0.888. The fraction of sp³-hybridized carbons (Fsp3) is 0.462. The highest BCUT2D eigenvalue weighted by Gasteiger charge is 2.27. The number of nitrogens with one attached hydrogen (secondary N) is 1. The van der Waals surface area contributed by atoms with E-state index in [2.05, 4.69) is 5.32 Å². The second kappa shape index (κ2) is 5.67. The van der Waals surface area contributed by atoms with Crippen molar-refractivity contribution >= 4 is 17.5 Å². The number of rotatable bonds is 3. The summed E-state index contributed by atoms with van der Waals surface area (Å²) in [5.74, 6) is -0.707. The maximum absolute atomic E-state index is 12.9. The molecule has 0 spiro atoms. The topological polar surface area (TPSA) is 55.1 Å². The summed E-state index contributed by atoms with van der Waals surface area (Å²) in [6.45, 7) is 5.96. The van der Waals surface area contributed by atoms with Crippen molar-refractivity contribution in [2.24, 2.45) is 11.1 Å². The number of carbonyl (C=O) groups excluding carboxylic acids is 1. The summed E-state index contributed by atoms with van der Waals surface area (Å²) >= 11 is 5.65. The summed E-state index contributed by atoms with van der Waals surface area (Å²) in [6.07, 6.45) is 0. The smallest absolute Gasteiger partial charge is 0.237 e. The number of amides is 1. The highest BCUT2D eigenvalue weighted by molar-refractivity contribution is 6.30. The Morgan fingerprint density at radius 2 is 2.11 bits per heavy atom. The minimum atomic E-state index is -0.589. The summed E-state index contributed by atoms with van der Waals surface area (Å²) in [6, 6.07) is 3.74. The third-order valence-corrected chi connectivity index (χ3v) is 2.96. The zero-order valence-electron chi connectivity index (χ0n) is 10.8. The maximum Gasteiger partial charge on any atom is 0.237 e. The van der Waals surface area contributed by atoms with Crippen LogP contribution in [0.5, 0.6) is 0 Å². The second-order valence-corrected chi connectivity index (χ2v) is 5.72. The molecule has 0 saturated carbocycles. The molecule has 18 heavy (non-hydrogen) atoms. The van der Waals surface area contributed by atoms with Crippen LogP contribution in [0.25, 0.3) is 0 Å². The molecule has 0 aliphatic rings. The Hall–Kier alpha value is -1.13. The van der Waals surface area contributed by atoms with Crippen LogP contribution in [0.15, 0.2) is 18.2 Å². The lowest BCUT2D eigenvalue weighted by Crippen LogP contribution is -2.48. The average Bonchev–Trinajstić information content (AvgIpc) is 2.28. The molecule has 0 aliphatic carbocycles. The van der Waals surface area contributed by atoms with E-state index in [4.69, 9.17) is 17.3 Å². The number of hydrogen-bond donors (Lipinski definition) is 2. The van der Waals surface area contributed by atoms with Gasteiger partial charge >= 0.3 is 0 Å². The first-order chi connectivity index (χ1) is 8.21. The van der Waals surface area contributed by atoms with Crippen LogP contribution in [0.4, 0.5) is 4.39 Å². The molecule has 0 fully saturated rings. The minimum Gasteiger partial charge on any atom is -0.351 e. The van der Waals surface area contributed by atoms with Crippen molar-refractivity contribution in [3.63, 3.8) is 0 Å². The molecular weight excluding hydrogens is 255 g/mol. The molecule has 5 heteroatoms. The van der Waals surface area contributed by atoms with Gasteiger partial charge in [-0.3, -0.25) is 4.79 Å². The summed E-state index contributed by atoms with van der Waals surface area (Å²) in [7, 11) is 0. The summed E-state index contributed by atoms with van der Waals surface area (Å²) < 4.78 is 12.9. The maximum atomic E-state index is 12.9. The van der Waals surface area contributed by atoms with Crippen LogP contribution in [0.1, 0.15) is 26.3 Å². The van der Waals surface area contributed by atoms with Gasteiger partial charge in [-0.1, -0.05) is 38.4 Å².